The Kier molecular flexibility index (Phi) is 4.17. The Hall–Kier alpha value is -2.38. The van der Waals surface area contributed by atoms with E-state index in [2.05, 4.69) is 15.2 Å². The smallest absolute Gasteiger partial charge is 0.316 e. The van der Waals surface area contributed by atoms with Gasteiger partial charge in [-0.1, -0.05) is 18.2 Å². The van der Waals surface area contributed by atoms with Crippen LogP contribution in [0.15, 0.2) is 48.8 Å². The highest BCUT2D eigenvalue weighted by atomic mass is 19.4. The number of hydrogen-bond acceptors (Lipinski definition) is 3. The van der Waals surface area contributed by atoms with E-state index in [-0.39, 0.29) is 0 Å². The highest BCUT2D eigenvalue weighted by Crippen LogP contribution is 2.37. The second-order valence-corrected chi connectivity index (χ2v) is 7.81. The summed E-state index contributed by atoms with van der Waals surface area (Å²) >= 11 is 0. The predicted molar refractivity (Wildman–Crippen MR) is 101 cm³/mol. The minimum Gasteiger partial charge on any atom is -0.316 e. The number of likely N-dealkylation sites (tertiary alicyclic amines) is 1. The number of rotatable bonds is 3. The van der Waals surface area contributed by atoms with Crippen molar-refractivity contribution in [3.8, 4) is 11.3 Å². The maximum Gasteiger partial charge on any atom is 0.416 e. The average Bonchev–Trinajstić information content (AvgIpc) is 3.35. The molecule has 2 fully saturated rings. The highest BCUT2D eigenvalue weighted by Gasteiger charge is 2.38. The summed E-state index contributed by atoms with van der Waals surface area (Å²) in [7, 11) is 0. The molecule has 2 aliphatic rings. The maximum atomic E-state index is 13.8. The van der Waals surface area contributed by atoms with E-state index in [9.17, 15) is 13.2 Å². The van der Waals surface area contributed by atoms with E-state index in [0.29, 0.717) is 40.8 Å². The molecule has 0 radical (unpaired) electrons. The Balaban J connectivity index is 1.49. The SMILES string of the molecule is FC(F)(F)c1cc(-c2cnc3ccccn23)ccc1CN1CC2CNCC2C1. The summed E-state index contributed by atoms with van der Waals surface area (Å²) in [6, 6.07) is 10.2. The second-order valence-electron chi connectivity index (χ2n) is 7.81. The maximum absolute atomic E-state index is 13.8. The third-order valence-corrected chi connectivity index (χ3v) is 5.99. The molecule has 4 heterocycles. The number of nitrogens with one attached hydrogen (secondary N) is 1. The molecule has 28 heavy (non-hydrogen) atoms. The number of benzene rings is 1. The van der Waals surface area contributed by atoms with Gasteiger partial charge in [-0.15, -0.1) is 0 Å². The van der Waals surface area contributed by atoms with Gasteiger partial charge in [-0.25, -0.2) is 4.98 Å². The lowest BCUT2D eigenvalue weighted by atomic mass is 10.0. The number of imidazole rings is 1. The van der Waals surface area contributed by atoms with Crippen LogP contribution in [0.3, 0.4) is 0 Å². The lowest BCUT2D eigenvalue weighted by molar-refractivity contribution is -0.138. The summed E-state index contributed by atoms with van der Waals surface area (Å²) in [4.78, 5) is 6.45. The van der Waals surface area contributed by atoms with Crippen LogP contribution in [-0.4, -0.2) is 40.5 Å². The molecule has 3 aromatic rings. The molecular formula is C21H21F3N4. The van der Waals surface area contributed by atoms with Gasteiger partial charge in [0.2, 0.25) is 0 Å². The summed E-state index contributed by atoms with van der Waals surface area (Å²) in [5.74, 6) is 1.12. The zero-order valence-corrected chi connectivity index (χ0v) is 15.3. The summed E-state index contributed by atoms with van der Waals surface area (Å²) in [6.45, 7) is 4.02. The number of halogens is 3. The van der Waals surface area contributed by atoms with Gasteiger partial charge in [0.1, 0.15) is 5.65 Å². The second kappa shape index (κ2) is 6.60. The molecule has 146 valence electrons. The van der Waals surface area contributed by atoms with Crippen molar-refractivity contribution in [2.75, 3.05) is 26.2 Å². The van der Waals surface area contributed by atoms with Crippen LogP contribution in [0, 0.1) is 11.8 Å². The van der Waals surface area contributed by atoms with Crippen molar-refractivity contribution in [2.24, 2.45) is 11.8 Å². The summed E-state index contributed by atoms with van der Waals surface area (Å²) < 4.78 is 43.3. The molecule has 2 atom stereocenters. The molecule has 2 aliphatic heterocycles. The number of fused-ring (bicyclic) bond motifs is 2. The van der Waals surface area contributed by atoms with Crippen molar-refractivity contribution in [2.45, 2.75) is 12.7 Å². The fourth-order valence-electron chi connectivity index (χ4n) is 4.61. The molecule has 0 saturated carbocycles. The summed E-state index contributed by atoms with van der Waals surface area (Å²) in [5.41, 5.74) is 1.70. The molecule has 2 unspecified atom stereocenters. The van der Waals surface area contributed by atoms with Gasteiger partial charge in [-0.05, 0) is 48.7 Å². The van der Waals surface area contributed by atoms with E-state index < -0.39 is 11.7 Å². The molecule has 0 amide bonds. The van der Waals surface area contributed by atoms with Crippen molar-refractivity contribution in [3.63, 3.8) is 0 Å². The first-order chi connectivity index (χ1) is 13.5. The summed E-state index contributed by atoms with van der Waals surface area (Å²) in [5, 5.41) is 3.37. The third kappa shape index (κ3) is 3.08. The van der Waals surface area contributed by atoms with Crippen LogP contribution < -0.4 is 5.32 Å². The standard InChI is InChI=1S/C21H21F3N4/c22-21(23,24)18-7-14(19-10-26-20-3-1-2-6-28(19)20)4-5-15(18)11-27-12-16-8-25-9-17(16)13-27/h1-7,10,16-17,25H,8-9,11-13H2. The Morgan fingerprint density at radius 3 is 2.61 bits per heavy atom. The summed E-state index contributed by atoms with van der Waals surface area (Å²) in [6.07, 6.45) is -0.946. The molecule has 7 heteroatoms. The van der Waals surface area contributed by atoms with Crippen molar-refractivity contribution < 1.29 is 13.2 Å². The molecular weight excluding hydrogens is 365 g/mol. The van der Waals surface area contributed by atoms with Crippen LogP contribution in [0.4, 0.5) is 13.2 Å². The average molecular weight is 386 g/mol. The first-order valence-electron chi connectivity index (χ1n) is 9.55. The minimum absolute atomic E-state index is 0.343. The van der Waals surface area contributed by atoms with Gasteiger partial charge in [0, 0.05) is 31.4 Å². The van der Waals surface area contributed by atoms with E-state index in [0.717, 1.165) is 26.2 Å². The van der Waals surface area contributed by atoms with Crippen LogP contribution in [0.25, 0.3) is 16.9 Å². The number of aromatic nitrogens is 2. The van der Waals surface area contributed by atoms with Crippen molar-refractivity contribution >= 4 is 5.65 Å². The Labute approximate surface area is 161 Å². The van der Waals surface area contributed by atoms with Crippen molar-refractivity contribution in [1.82, 2.24) is 19.6 Å². The normalized spacial score (nSPS) is 22.8. The topological polar surface area (TPSA) is 32.6 Å². The van der Waals surface area contributed by atoms with Gasteiger partial charge >= 0.3 is 6.18 Å². The zero-order valence-electron chi connectivity index (χ0n) is 15.3. The molecule has 1 N–H and O–H groups in total. The first-order valence-corrected chi connectivity index (χ1v) is 9.55. The van der Waals surface area contributed by atoms with E-state index in [1.165, 1.54) is 6.07 Å². The van der Waals surface area contributed by atoms with Crippen LogP contribution >= 0.6 is 0 Å². The molecule has 0 aliphatic carbocycles. The molecule has 0 bridgehead atoms. The minimum atomic E-state index is -4.39. The Morgan fingerprint density at radius 2 is 1.86 bits per heavy atom. The molecule has 2 aromatic heterocycles. The molecule has 4 nitrogen and oxygen atoms in total. The fourth-order valence-corrected chi connectivity index (χ4v) is 4.61. The van der Waals surface area contributed by atoms with Crippen molar-refractivity contribution in [3.05, 3.63) is 59.9 Å². The van der Waals surface area contributed by atoms with Gasteiger partial charge in [0.05, 0.1) is 17.5 Å². The highest BCUT2D eigenvalue weighted by molar-refractivity contribution is 5.65. The lowest BCUT2D eigenvalue weighted by Gasteiger charge is -2.21. The molecule has 0 spiro atoms. The molecule has 5 rings (SSSR count). The van der Waals surface area contributed by atoms with Crippen LogP contribution in [0.2, 0.25) is 0 Å². The van der Waals surface area contributed by atoms with Crippen LogP contribution in [0.1, 0.15) is 11.1 Å². The van der Waals surface area contributed by atoms with E-state index >= 15 is 0 Å². The number of hydrogen-bond donors (Lipinski definition) is 1. The molecule has 1 aromatic carbocycles. The van der Waals surface area contributed by atoms with Gasteiger partial charge in [0.15, 0.2) is 0 Å². The quantitative estimate of drug-likeness (QED) is 0.746. The lowest BCUT2D eigenvalue weighted by Crippen LogP contribution is -2.26. The Bertz CT molecular complexity index is 998. The zero-order chi connectivity index (χ0) is 19.3. The van der Waals surface area contributed by atoms with Gasteiger partial charge < -0.3 is 5.32 Å². The van der Waals surface area contributed by atoms with Gasteiger partial charge in [-0.3, -0.25) is 9.30 Å². The number of alkyl halides is 3. The van der Waals surface area contributed by atoms with E-state index in [4.69, 9.17) is 0 Å². The van der Waals surface area contributed by atoms with Crippen LogP contribution in [0.5, 0.6) is 0 Å². The largest absolute Gasteiger partial charge is 0.416 e. The predicted octanol–water partition coefficient (Wildman–Crippen LogP) is 3.67. The van der Waals surface area contributed by atoms with E-state index in [1.807, 2.05) is 28.8 Å². The third-order valence-electron chi connectivity index (χ3n) is 5.99. The van der Waals surface area contributed by atoms with Crippen LogP contribution in [-0.2, 0) is 12.7 Å². The van der Waals surface area contributed by atoms with Gasteiger partial charge in [-0.2, -0.15) is 13.2 Å². The van der Waals surface area contributed by atoms with Gasteiger partial charge in [0.25, 0.3) is 0 Å². The van der Waals surface area contributed by atoms with Crippen molar-refractivity contribution in [1.29, 1.82) is 0 Å². The monoisotopic (exact) mass is 386 g/mol. The van der Waals surface area contributed by atoms with E-state index in [1.54, 1.807) is 18.3 Å². The molecule has 2 saturated heterocycles. The number of pyridine rings is 1. The number of nitrogens with zero attached hydrogens (tertiary/aromatic N) is 3. The fraction of sp³-hybridized carbons (Fsp3) is 0.381. The Morgan fingerprint density at radius 1 is 1.07 bits per heavy atom. The first kappa shape index (κ1) is 17.7.